The molecule has 5 nitrogen and oxygen atoms in total. The van der Waals surface area contributed by atoms with Gasteiger partial charge in [-0.1, -0.05) is 23.7 Å². The van der Waals surface area contributed by atoms with Crippen molar-refractivity contribution >= 4 is 23.7 Å². The minimum Gasteiger partial charge on any atom is -0.428 e. The molecule has 0 fully saturated rings. The highest BCUT2D eigenvalue weighted by molar-refractivity contribution is 6.31. The Hall–Kier alpha value is -1.59. The maximum absolute atomic E-state index is 11.7. The van der Waals surface area contributed by atoms with Gasteiger partial charge in [-0.05, 0) is 44.9 Å². The van der Waals surface area contributed by atoms with Crippen molar-refractivity contribution in [1.82, 2.24) is 0 Å². The quantitative estimate of drug-likeness (QED) is 0.670. The van der Waals surface area contributed by atoms with Crippen LogP contribution in [-0.2, 0) is 14.3 Å². The molecule has 0 spiro atoms. The molecular formula is C14H18ClNO4. The average Bonchev–Trinajstić information content (AvgIpc) is 2.29. The Kier molecular flexibility index (Phi) is 5.14. The van der Waals surface area contributed by atoms with Crippen LogP contribution < -0.4 is 5.73 Å². The largest absolute Gasteiger partial charge is 0.516 e. The van der Waals surface area contributed by atoms with Crippen LogP contribution in [0.4, 0.5) is 4.79 Å². The van der Waals surface area contributed by atoms with E-state index in [0.717, 1.165) is 5.56 Å². The van der Waals surface area contributed by atoms with E-state index in [1.54, 1.807) is 39.0 Å². The first-order valence-electron chi connectivity index (χ1n) is 6.06. The van der Waals surface area contributed by atoms with Crippen molar-refractivity contribution in [2.75, 3.05) is 0 Å². The van der Waals surface area contributed by atoms with E-state index in [0.29, 0.717) is 10.6 Å². The highest BCUT2D eigenvalue weighted by atomic mass is 35.5. The maximum atomic E-state index is 11.7. The monoisotopic (exact) mass is 299 g/mol. The molecule has 0 aliphatic carbocycles. The van der Waals surface area contributed by atoms with Crippen molar-refractivity contribution in [2.24, 2.45) is 5.73 Å². The number of carbonyl (C=O) groups excluding carboxylic acids is 2. The standard InChI is InChI=1S/C14H18ClNO4/c1-8-5-6-9(7-10(8)15)11(16)12(17)19-13(18)20-14(2,3)4/h5-7,11H,16H2,1-4H3. The van der Waals surface area contributed by atoms with E-state index in [1.807, 2.05) is 6.92 Å². The summed E-state index contributed by atoms with van der Waals surface area (Å²) >= 11 is 5.96. The molecule has 2 N–H and O–H groups in total. The SMILES string of the molecule is Cc1ccc(C(N)C(=O)OC(=O)OC(C)(C)C)cc1Cl. The molecule has 6 heteroatoms. The van der Waals surface area contributed by atoms with Gasteiger partial charge in [0, 0.05) is 5.02 Å². The number of benzene rings is 1. The van der Waals surface area contributed by atoms with E-state index in [2.05, 4.69) is 4.74 Å². The second kappa shape index (κ2) is 6.24. The molecule has 1 aromatic carbocycles. The summed E-state index contributed by atoms with van der Waals surface area (Å²) in [6, 6.07) is 3.86. The normalized spacial score (nSPS) is 12.7. The molecule has 0 saturated heterocycles. The van der Waals surface area contributed by atoms with Crippen molar-refractivity contribution in [1.29, 1.82) is 0 Å². The van der Waals surface area contributed by atoms with Crippen molar-refractivity contribution in [3.63, 3.8) is 0 Å². The highest BCUT2D eigenvalue weighted by Crippen LogP contribution is 2.21. The summed E-state index contributed by atoms with van der Waals surface area (Å²) in [7, 11) is 0. The third-order valence-corrected chi connectivity index (χ3v) is 2.79. The molecule has 1 rings (SSSR count). The fourth-order valence-corrected chi connectivity index (χ4v) is 1.54. The van der Waals surface area contributed by atoms with Gasteiger partial charge in [0.25, 0.3) is 0 Å². The molecule has 0 aromatic heterocycles. The fourth-order valence-electron chi connectivity index (χ4n) is 1.36. The Bertz CT molecular complexity index is 522. The molecule has 0 heterocycles. The van der Waals surface area contributed by atoms with E-state index >= 15 is 0 Å². The van der Waals surface area contributed by atoms with Gasteiger partial charge in [0.2, 0.25) is 0 Å². The molecule has 1 unspecified atom stereocenters. The van der Waals surface area contributed by atoms with Gasteiger partial charge in [-0.3, -0.25) is 0 Å². The molecule has 1 atom stereocenters. The lowest BCUT2D eigenvalue weighted by Gasteiger charge is -2.19. The molecule has 0 aliphatic heterocycles. The lowest BCUT2D eigenvalue weighted by molar-refractivity contribution is -0.143. The predicted molar refractivity (Wildman–Crippen MR) is 75.4 cm³/mol. The van der Waals surface area contributed by atoms with E-state index in [1.165, 1.54) is 0 Å². The second-order valence-corrected chi connectivity index (χ2v) is 5.78. The van der Waals surface area contributed by atoms with Crippen LogP contribution in [0.1, 0.15) is 37.9 Å². The lowest BCUT2D eigenvalue weighted by Crippen LogP contribution is -2.30. The van der Waals surface area contributed by atoms with Gasteiger partial charge >= 0.3 is 12.1 Å². The van der Waals surface area contributed by atoms with Crippen molar-refractivity contribution in [3.8, 4) is 0 Å². The minimum absolute atomic E-state index is 0.467. The van der Waals surface area contributed by atoms with Gasteiger partial charge in [0.1, 0.15) is 11.6 Å². The van der Waals surface area contributed by atoms with Crippen LogP contribution in [0.3, 0.4) is 0 Å². The van der Waals surface area contributed by atoms with Gasteiger partial charge < -0.3 is 15.2 Å². The second-order valence-electron chi connectivity index (χ2n) is 5.37. The molecule has 0 saturated carbocycles. The Balaban J connectivity index is 2.72. The van der Waals surface area contributed by atoms with E-state index in [9.17, 15) is 9.59 Å². The first-order chi connectivity index (χ1) is 9.10. The van der Waals surface area contributed by atoms with Crippen LogP contribution in [0.25, 0.3) is 0 Å². The highest BCUT2D eigenvalue weighted by Gasteiger charge is 2.25. The van der Waals surface area contributed by atoms with Crippen LogP contribution in [-0.4, -0.2) is 17.7 Å². The molecule has 1 aromatic rings. The summed E-state index contributed by atoms with van der Waals surface area (Å²) < 4.78 is 9.42. The number of nitrogens with two attached hydrogens (primary N) is 1. The number of rotatable bonds is 2. The third kappa shape index (κ3) is 4.83. The van der Waals surface area contributed by atoms with E-state index in [4.69, 9.17) is 22.1 Å². The van der Waals surface area contributed by atoms with Crippen LogP contribution in [0.5, 0.6) is 0 Å². The van der Waals surface area contributed by atoms with Gasteiger partial charge in [-0.25, -0.2) is 9.59 Å². The first kappa shape index (κ1) is 16.5. The molecular weight excluding hydrogens is 282 g/mol. The minimum atomic E-state index is -1.10. The number of ether oxygens (including phenoxy) is 2. The predicted octanol–water partition coefficient (Wildman–Crippen LogP) is 3.13. The van der Waals surface area contributed by atoms with Crippen LogP contribution in [0, 0.1) is 6.92 Å². The van der Waals surface area contributed by atoms with Crippen molar-refractivity contribution in [2.45, 2.75) is 39.3 Å². The number of carbonyl (C=O) groups is 2. The Morgan fingerprint density at radius 3 is 2.40 bits per heavy atom. The van der Waals surface area contributed by atoms with E-state index in [-0.39, 0.29) is 0 Å². The number of hydrogen-bond acceptors (Lipinski definition) is 5. The van der Waals surface area contributed by atoms with E-state index < -0.39 is 23.8 Å². The maximum Gasteiger partial charge on any atom is 0.516 e. The Morgan fingerprint density at radius 2 is 1.90 bits per heavy atom. The summed E-state index contributed by atoms with van der Waals surface area (Å²) in [6.45, 7) is 6.83. The summed E-state index contributed by atoms with van der Waals surface area (Å²) in [6.07, 6.45) is -1.07. The zero-order valence-electron chi connectivity index (χ0n) is 11.9. The van der Waals surface area contributed by atoms with Gasteiger partial charge in [-0.15, -0.1) is 0 Å². The summed E-state index contributed by atoms with van der Waals surface area (Å²) in [4.78, 5) is 23.1. The fraction of sp³-hybridized carbons (Fsp3) is 0.429. The third-order valence-electron chi connectivity index (χ3n) is 2.38. The zero-order chi connectivity index (χ0) is 15.5. The molecule has 0 aliphatic rings. The van der Waals surface area contributed by atoms with Crippen LogP contribution >= 0.6 is 11.6 Å². The number of aryl methyl sites for hydroxylation is 1. The topological polar surface area (TPSA) is 78.6 Å². The lowest BCUT2D eigenvalue weighted by atomic mass is 10.1. The average molecular weight is 300 g/mol. The number of esters is 1. The molecule has 110 valence electrons. The van der Waals surface area contributed by atoms with Crippen molar-refractivity contribution in [3.05, 3.63) is 34.3 Å². The van der Waals surface area contributed by atoms with Gasteiger partial charge in [0.05, 0.1) is 0 Å². The van der Waals surface area contributed by atoms with Gasteiger partial charge in [-0.2, -0.15) is 0 Å². The summed E-state index contributed by atoms with van der Waals surface area (Å²) in [5, 5.41) is 0.489. The van der Waals surface area contributed by atoms with Crippen molar-refractivity contribution < 1.29 is 19.1 Å². The molecule has 0 amide bonds. The Morgan fingerprint density at radius 1 is 1.30 bits per heavy atom. The summed E-state index contributed by atoms with van der Waals surface area (Å²) in [5.41, 5.74) is 6.32. The molecule has 0 bridgehead atoms. The molecule has 20 heavy (non-hydrogen) atoms. The van der Waals surface area contributed by atoms with Crippen LogP contribution in [0.2, 0.25) is 5.02 Å². The smallest absolute Gasteiger partial charge is 0.428 e. The molecule has 0 radical (unpaired) electrons. The number of hydrogen-bond donors (Lipinski definition) is 1. The van der Waals surface area contributed by atoms with Gasteiger partial charge in [0.15, 0.2) is 0 Å². The first-order valence-corrected chi connectivity index (χ1v) is 6.44. The zero-order valence-corrected chi connectivity index (χ0v) is 12.7. The number of halogens is 1. The Labute approximate surface area is 123 Å². The van der Waals surface area contributed by atoms with Crippen LogP contribution in [0.15, 0.2) is 18.2 Å². The summed E-state index contributed by atoms with van der Waals surface area (Å²) in [5.74, 6) is -0.890.